The summed E-state index contributed by atoms with van der Waals surface area (Å²) in [5, 5.41) is 11.8. The molecule has 1 aromatic rings. The number of carbonyl (C=O) groups excluding carboxylic acids is 1. The number of nitrogens with one attached hydrogen (secondary N) is 1. The number of rotatable bonds is 6. The van der Waals surface area contributed by atoms with E-state index in [-0.39, 0.29) is 5.91 Å². The van der Waals surface area contributed by atoms with Crippen LogP contribution in [0.15, 0.2) is 24.3 Å². The van der Waals surface area contributed by atoms with E-state index in [9.17, 15) is 9.59 Å². The highest BCUT2D eigenvalue weighted by atomic mass is 16.4. The molecule has 2 rings (SSSR count). The van der Waals surface area contributed by atoms with Crippen LogP contribution in [0.1, 0.15) is 43.2 Å². The number of hydrogen-bond donors (Lipinski definition) is 2. The van der Waals surface area contributed by atoms with Gasteiger partial charge < -0.3 is 10.4 Å². The quantitative estimate of drug-likeness (QED) is 0.838. The first-order valence-electron chi connectivity index (χ1n) is 7.12. The molecule has 2 N–H and O–H groups in total. The second-order valence-electron chi connectivity index (χ2n) is 5.63. The molecule has 0 spiro atoms. The van der Waals surface area contributed by atoms with Crippen LogP contribution in [0.2, 0.25) is 0 Å². The van der Waals surface area contributed by atoms with Crippen LogP contribution in [0.25, 0.3) is 0 Å². The number of carbonyl (C=O) groups is 2. The van der Waals surface area contributed by atoms with Crippen molar-refractivity contribution in [1.29, 1.82) is 0 Å². The second kappa shape index (κ2) is 6.07. The maximum absolute atomic E-state index is 11.8. The summed E-state index contributed by atoms with van der Waals surface area (Å²) in [6, 6.07) is 8.25. The Morgan fingerprint density at radius 1 is 1.25 bits per heavy atom. The Hall–Kier alpha value is -1.84. The summed E-state index contributed by atoms with van der Waals surface area (Å²) in [6.07, 6.45) is 3.93. The summed E-state index contributed by atoms with van der Waals surface area (Å²) in [6.45, 7) is 2.04. The smallest absolute Gasteiger partial charge is 0.329 e. The van der Waals surface area contributed by atoms with E-state index in [4.69, 9.17) is 5.11 Å². The van der Waals surface area contributed by atoms with Crippen molar-refractivity contribution in [2.45, 2.75) is 51.0 Å². The summed E-state index contributed by atoms with van der Waals surface area (Å²) < 4.78 is 0. The normalized spacial score (nSPS) is 16.2. The average Bonchev–Trinajstić information content (AvgIpc) is 2.36. The molecule has 0 atom stereocenters. The molecule has 20 heavy (non-hydrogen) atoms. The first-order valence-corrected chi connectivity index (χ1v) is 7.12. The molecule has 1 aromatic carbocycles. The first-order chi connectivity index (χ1) is 9.52. The molecule has 4 heteroatoms. The fraction of sp³-hybridized carbons (Fsp3) is 0.500. The summed E-state index contributed by atoms with van der Waals surface area (Å²) in [7, 11) is 0. The molecule has 0 bridgehead atoms. The third-order valence-corrected chi connectivity index (χ3v) is 3.99. The molecule has 1 aliphatic rings. The van der Waals surface area contributed by atoms with Gasteiger partial charge in [-0.15, -0.1) is 0 Å². The molecule has 0 aromatic heterocycles. The monoisotopic (exact) mass is 275 g/mol. The lowest BCUT2D eigenvalue weighted by atomic mass is 9.76. The van der Waals surface area contributed by atoms with E-state index in [0.29, 0.717) is 19.3 Å². The van der Waals surface area contributed by atoms with Crippen LogP contribution in [-0.2, 0) is 16.0 Å². The minimum Gasteiger partial charge on any atom is -0.480 e. The minimum absolute atomic E-state index is 0.154. The Bertz CT molecular complexity index is 489. The van der Waals surface area contributed by atoms with E-state index in [1.807, 2.05) is 6.92 Å². The molecule has 0 saturated heterocycles. The fourth-order valence-electron chi connectivity index (χ4n) is 2.46. The third-order valence-electron chi connectivity index (χ3n) is 3.99. The molecule has 1 amide bonds. The Kier molecular flexibility index (Phi) is 4.42. The van der Waals surface area contributed by atoms with Gasteiger partial charge in [0.15, 0.2) is 0 Å². The van der Waals surface area contributed by atoms with E-state index in [2.05, 4.69) is 29.6 Å². The maximum atomic E-state index is 11.8. The van der Waals surface area contributed by atoms with Gasteiger partial charge in [0.1, 0.15) is 5.54 Å². The van der Waals surface area contributed by atoms with Gasteiger partial charge in [-0.1, -0.05) is 29.8 Å². The number of aryl methyl sites for hydroxylation is 2. The van der Waals surface area contributed by atoms with Crippen molar-refractivity contribution in [3.8, 4) is 0 Å². The molecule has 0 aliphatic heterocycles. The van der Waals surface area contributed by atoms with E-state index in [1.165, 1.54) is 11.1 Å². The highest BCUT2D eigenvalue weighted by Gasteiger charge is 2.45. The molecule has 1 saturated carbocycles. The van der Waals surface area contributed by atoms with E-state index in [0.717, 1.165) is 19.3 Å². The SMILES string of the molecule is Cc1ccc(CCCC(=O)NC2(C(=O)O)CCC2)cc1. The summed E-state index contributed by atoms with van der Waals surface area (Å²) in [4.78, 5) is 23.0. The highest BCUT2D eigenvalue weighted by molar-refractivity contribution is 5.87. The number of amides is 1. The third kappa shape index (κ3) is 3.38. The highest BCUT2D eigenvalue weighted by Crippen LogP contribution is 2.32. The zero-order valence-corrected chi connectivity index (χ0v) is 11.8. The molecule has 0 radical (unpaired) electrons. The van der Waals surface area contributed by atoms with Gasteiger partial charge in [-0.05, 0) is 44.6 Å². The number of aliphatic carboxylic acids is 1. The Labute approximate surface area is 119 Å². The molecule has 0 heterocycles. The van der Waals surface area contributed by atoms with Gasteiger partial charge >= 0.3 is 5.97 Å². The number of carboxylic acids is 1. The van der Waals surface area contributed by atoms with E-state index in [1.54, 1.807) is 0 Å². The molecule has 1 aliphatic carbocycles. The number of hydrogen-bond acceptors (Lipinski definition) is 2. The predicted octanol–water partition coefficient (Wildman–Crippen LogP) is 2.44. The van der Waals surface area contributed by atoms with Crippen molar-refractivity contribution < 1.29 is 14.7 Å². The lowest BCUT2D eigenvalue weighted by molar-refractivity contribution is -0.151. The average molecular weight is 275 g/mol. The van der Waals surface area contributed by atoms with Crippen molar-refractivity contribution in [3.05, 3.63) is 35.4 Å². The Balaban J connectivity index is 1.75. The summed E-state index contributed by atoms with van der Waals surface area (Å²) >= 11 is 0. The molecule has 0 unspecified atom stereocenters. The molecule has 1 fully saturated rings. The zero-order chi connectivity index (χ0) is 14.6. The van der Waals surface area contributed by atoms with Gasteiger partial charge in [-0.3, -0.25) is 4.79 Å². The van der Waals surface area contributed by atoms with Crippen molar-refractivity contribution in [3.63, 3.8) is 0 Å². The van der Waals surface area contributed by atoms with Gasteiger partial charge in [0.05, 0.1) is 0 Å². The second-order valence-corrected chi connectivity index (χ2v) is 5.63. The van der Waals surface area contributed by atoms with Crippen LogP contribution < -0.4 is 5.32 Å². The van der Waals surface area contributed by atoms with Crippen LogP contribution in [0.5, 0.6) is 0 Å². The van der Waals surface area contributed by atoms with Gasteiger partial charge in [0.25, 0.3) is 0 Å². The van der Waals surface area contributed by atoms with Crippen LogP contribution in [0.4, 0.5) is 0 Å². The fourth-order valence-corrected chi connectivity index (χ4v) is 2.46. The maximum Gasteiger partial charge on any atom is 0.329 e. The Morgan fingerprint density at radius 3 is 2.40 bits per heavy atom. The summed E-state index contributed by atoms with van der Waals surface area (Å²) in [5.74, 6) is -1.06. The first kappa shape index (κ1) is 14.6. The van der Waals surface area contributed by atoms with Gasteiger partial charge in [-0.25, -0.2) is 4.79 Å². The van der Waals surface area contributed by atoms with Crippen molar-refractivity contribution >= 4 is 11.9 Å². The topological polar surface area (TPSA) is 66.4 Å². The minimum atomic E-state index is -0.985. The summed E-state index contributed by atoms with van der Waals surface area (Å²) in [5.41, 5.74) is 1.45. The number of carboxylic acid groups (broad SMARTS) is 1. The van der Waals surface area contributed by atoms with E-state index < -0.39 is 11.5 Å². The van der Waals surface area contributed by atoms with Gasteiger partial charge in [0.2, 0.25) is 5.91 Å². The zero-order valence-electron chi connectivity index (χ0n) is 11.8. The van der Waals surface area contributed by atoms with E-state index >= 15 is 0 Å². The standard InChI is InChI=1S/C16H21NO3/c1-12-6-8-13(9-7-12)4-2-5-14(18)17-16(15(19)20)10-3-11-16/h6-9H,2-5,10-11H2,1H3,(H,17,18)(H,19,20). The van der Waals surface area contributed by atoms with Crippen molar-refractivity contribution in [1.82, 2.24) is 5.32 Å². The Morgan fingerprint density at radius 2 is 1.90 bits per heavy atom. The van der Waals surface area contributed by atoms with Crippen LogP contribution >= 0.6 is 0 Å². The predicted molar refractivity (Wildman–Crippen MR) is 76.5 cm³/mol. The molecule has 108 valence electrons. The van der Waals surface area contributed by atoms with Crippen LogP contribution in [0, 0.1) is 6.92 Å². The lowest BCUT2D eigenvalue weighted by Crippen LogP contribution is -2.59. The van der Waals surface area contributed by atoms with Gasteiger partial charge in [-0.2, -0.15) is 0 Å². The van der Waals surface area contributed by atoms with Crippen LogP contribution in [0.3, 0.4) is 0 Å². The number of benzene rings is 1. The van der Waals surface area contributed by atoms with Crippen molar-refractivity contribution in [2.24, 2.45) is 0 Å². The lowest BCUT2D eigenvalue weighted by Gasteiger charge is -2.38. The molecular weight excluding hydrogens is 254 g/mol. The van der Waals surface area contributed by atoms with Gasteiger partial charge in [0, 0.05) is 6.42 Å². The van der Waals surface area contributed by atoms with Crippen LogP contribution in [-0.4, -0.2) is 22.5 Å². The van der Waals surface area contributed by atoms with Crippen molar-refractivity contribution in [2.75, 3.05) is 0 Å². The molecule has 4 nitrogen and oxygen atoms in total. The molecular formula is C16H21NO3. The largest absolute Gasteiger partial charge is 0.480 e.